The second kappa shape index (κ2) is 5.21. The lowest BCUT2D eigenvalue weighted by Crippen LogP contribution is -2.30. The van der Waals surface area contributed by atoms with E-state index in [4.69, 9.17) is 5.73 Å². The zero-order valence-electron chi connectivity index (χ0n) is 9.57. The Labute approximate surface area is 101 Å². The Balaban J connectivity index is 2.75. The number of benzene rings is 1. The van der Waals surface area contributed by atoms with Crippen LogP contribution in [0.4, 0.5) is 24.5 Å². The molecule has 1 aromatic rings. The van der Waals surface area contributed by atoms with E-state index < -0.39 is 17.6 Å². The maximum absolute atomic E-state index is 12.1. The van der Waals surface area contributed by atoms with Crippen LogP contribution in [0, 0.1) is 10.1 Å². The fourth-order valence-corrected chi connectivity index (χ4v) is 1.54. The van der Waals surface area contributed by atoms with E-state index >= 15 is 0 Å². The van der Waals surface area contributed by atoms with Gasteiger partial charge in [-0.2, -0.15) is 13.2 Å². The highest BCUT2D eigenvalue weighted by Crippen LogP contribution is 2.23. The third-order valence-electron chi connectivity index (χ3n) is 2.19. The Bertz CT molecular complexity index is 448. The van der Waals surface area contributed by atoms with Gasteiger partial charge in [0.25, 0.3) is 5.69 Å². The largest absolute Gasteiger partial charge is 0.401 e. The lowest BCUT2D eigenvalue weighted by Gasteiger charge is -2.18. The van der Waals surface area contributed by atoms with Crippen molar-refractivity contribution in [3.63, 3.8) is 0 Å². The quantitative estimate of drug-likeness (QED) is 0.513. The normalized spacial score (nSPS) is 11.8. The summed E-state index contributed by atoms with van der Waals surface area (Å²) in [6.45, 7) is -1.04. The molecule has 2 N–H and O–H groups in total. The van der Waals surface area contributed by atoms with E-state index in [1.165, 1.54) is 25.2 Å². The van der Waals surface area contributed by atoms with E-state index in [9.17, 15) is 23.3 Å². The van der Waals surface area contributed by atoms with Crippen LogP contribution in [-0.4, -0.2) is 29.6 Å². The molecule has 1 rings (SSSR count). The Hall–Kier alpha value is -1.83. The lowest BCUT2D eigenvalue weighted by atomic mass is 10.1. The zero-order valence-corrected chi connectivity index (χ0v) is 9.57. The first-order valence-electron chi connectivity index (χ1n) is 4.97. The third kappa shape index (κ3) is 4.21. The molecule has 18 heavy (non-hydrogen) atoms. The van der Waals surface area contributed by atoms with Crippen molar-refractivity contribution in [2.24, 2.45) is 0 Å². The molecule has 0 atom stereocenters. The van der Waals surface area contributed by atoms with Gasteiger partial charge < -0.3 is 5.73 Å². The zero-order chi connectivity index (χ0) is 13.9. The van der Waals surface area contributed by atoms with Crippen molar-refractivity contribution in [2.45, 2.75) is 12.7 Å². The highest BCUT2D eigenvalue weighted by Gasteiger charge is 2.29. The van der Waals surface area contributed by atoms with Crippen molar-refractivity contribution >= 4 is 11.4 Å². The predicted molar refractivity (Wildman–Crippen MR) is 59.9 cm³/mol. The van der Waals surface area contributed by atoms with Crippen molar-refractivity contribution < 1.29 is 18.1 Å². The van der Waals surface area contributed by atoms with Gasteiger partial charge in [0.2, 0.25) is 0 Å². The fraction of sp³-hybridized carbons (Fsp3) is 0.400. The monoisotopic (exact) mass is 263 g/mol. The SMILES string of the molecule is CN(Cc1ccc([N+](=O)[O-])c(N)c1)CC(F)(F)F. The summed E-state index contributed by atoms with van der Waals surface area (Å²) in [5.41, 5.74) is 5.62. The molecule has 0 aliphatic carbocycles. The predicted octanol–water partition coefficient (Wildman–Crippen LogP) is 2.17. The van der Waals surface area contributed by atoms with Crippen molar-refractivity contribution in [1.82, 2.24) is 4.90 Å². The first-order valence-corrected chi connectivity index (χ1v) is 4.97. The van der Waals surface area contributed by atoms with Gasteiger partial charge in [-0.1, -0.05) is 6.07 Å². The minimum atomic E-state index is -4.28. The molecule has 0 aliphatic heterocycles. The second-order valence-electron chi connectivity index (χ2n) is 3.94. The van der Waals surface area contributed by atoms with Crippen LogP contribution in [-0.2, 0) is 6.54 Å². The van der Waals surface area contributed by atoms with E-state index in [-0.39, 0.29) is 17.9 Å². The number of hydrogen-bond acceptors (Lipinski definition) is 4. The van der Waals surface area contributed by atoms with Gasteiger partial charge in [-0.15, -0.1) is 0 Å². The summed E-state index contributed by atoms with van der Waals surface area (Å²) in [4.78, 5) is 10.9. The topological polar surface area (TPSA) is 72.4 Å². The molecule has 8 heteroatoms. The molecule has 1 aromatic carbocycles. The van der Waals surface area contributed by atoms with Crippen LogP contribution in [0.2, 0.25) is 0 Å². The van der Waals surface area contributed by atoms with Gasteiger partial charge in [0.15, 0.2) is 0 Å². The minimum absolute atomic E-state index is 0.0156. The molecule has 0 unspecified atom stereocenters. The number of nitrogens with zero attached hydrogens (tertiary/aromatic N) is 2. The molecule has 100 valence electrons. The van der Waals surface area contributed by atoms with E-state index in [0.717, 1.165) is 4.90 Å². The smallest absolute Gasteiger partial charge is 0.393 e. The number of nitro groups is 1. The molecule has 0 aromatic heterocycles. The summed E-state index contributed by atoms with van der Waals surface area (Å²) in [5.74, 6) is 0. The molecule has 0 saturated heterocycles. The van der Waals surface area contributed by atoms with E-state index in [1.54, 1.807) is 0 Å². The molecule has 0 spiro atoms. The maximum atomic E-state index is 12.1. The van der Waals surface area contributed by atoms with Gasteiger partial charge in [0, 0.05) is 12.6 Å². The summed E-state index contributed by atoms with van der Waals surface area (Å²) in [6.07, 6.45) is -4.28. The summed E-state index contributed by atoms with van der Waals surface area (Å²) in [6, 6.07) is 3.89. The van der Waals surface area contributed by atoms with Crippen LogP contribution in [0.1, 0.15) is 5.56 Å². The van der Waals surface area contributed by atoms with Gasteiger partial charge >= 0.3 is 6.18 Å². The molecule has 0 fully saturated rings. The molecule has 0 aliphatic rings. The van der Waals surface area contributed by atoms with E-state index in [0.29, 0.717) is 5.56 Å². The third-order valence-corrected chi connectivity index (χ3v) is 2.19. The molecular weight excluding hydrogens is 251 g/mol. The number of rotatable bonds is 4. The van der Waals surface area contributed by atoms with Crippen molar-refractivity contribution in [2.75, 3.05) is 19.3 Å². The molecule has 0 radical (unpaired) electrons. The molecular formula is C10H12F3N3O2. The summed E-state index contributed by atoms with van der Waals surface area (Å²) in [7, 11) is 1.31. The number of alkyl halides is 3. The average Bonchev–Trinajstić information content (AvgIpc) is 2.13. The van der Waals surface area contributed by atoms with Crippen LogP contribution in [0.15, 0.2) is 18.2 Å². The Kier molecular flexibility index (Phi) is 4.12. The number of halogens is 3. The molecule has 5 nitrogen and oxygen atoms in total. The first kappa shape index (κ1) is 14.2. The number of nitrogens with two attached hydrogens (primary N) is 1. The fourth-order valence-electron chi connectivity index (χ4n) is 1.54. The highest BCUT2D eigenvalue weighted by atomic mass is 19.4. The van der Waals surface area contributed by atoms with E-state index in [1.807, 2.05) is 0 Å². The van der Waals surface area contributed by atoms with Crippen molar-refractivity contribution in [3.05, 3.63) is 33.9 Å². The van der Waals surface area contributed by atoms with E-state index in [2.05, 4.69) is 0 Å². The summed E-state index contributed by atoms with van der Waals surface area (Å²) >= 11 is 0. The first-order chi connectivity index (χ1) is 8.19. The number of nitro benzene ring substituents is 1. The average molecular weight is 263 g/mol. The maximum Gasteiger partial charge on any atom is 0.401 e. The lowest BCUT2D eigenvalue weighted by molar-refractivity contribution is -0.383. The van der Waals surface area contributed by atoms with Crippen LogP contribution in [0.25, 0.3) is 0 Å². The van der Waals surface area contributed by atoms with Crippen molar-refractivity contribution in [1.29, 1.82) is 0 Å². The Morgan fingerprint density at radius 1 is 1.44 bits per heavy atom. The van der Waals surface area contributed by atoms with Gasteiger partial charge in [-0.25, -0.2) is 0 Å². The minimum Gasteiger partial charge on any atom is -0.393 e. The van der Waals surface area contributed by atoms with Gasteiger partial charge in [0.1, 0.15) is 5.69 Å². The Morgan fingerprint density at radius 2 is 2.06 bits per heavy atom. The van der Waals surface area contributed by atoms with Crippen LogP contribution in [0.3, 0.4) is 0 Å². The number of nitrogen functional groups attached to an aromatic ring is 1. The summed E-state index contributed by atoms with van der Waals surface area (Å²) < 4.78 is 36.3. The summed E-state index contributed by atoms with van der Waals surface area (Å²) in [5, 5.41) is 10.5. The Morgan fingerprint density at radius 3 is 2.50 bits per heavy atom. The molecule has 0 amide bonds. The number of anilines is 1. The standard InChI is InChI=1S/C10H12F3N3O2/c1-15(6-10(11,12)13)5-7-2-3-9(16(17)18)8(14)4-7/h2-4H,5-6,14H2,1H3. The highest BCUT2D eigenvalue weighted by molar-refractivity contribution is 5.59. The van der Waals surface area contributed by atoms with Crippen LogP contribution >= 0.6 is 0 Å². The van der Waals surface area contributed by atoms with Crippen molar-refractivity contribution in [3.8, 4) is 0 Å². The molecule has 0 heterocycles. The molecule has 0 bridgehead atoms. The van der Waals surface area contributed by atoms with Gasteiger partial charge in [-0.3, -0.25) is 15.0 Å². The van der Waals surface area contributed by atoms with Gasteiger partial charge in [-0.05, 0) is 18.7 Å². The second-order valence-corrected chi connectivity index (χ2v) is 3.94. The van der Waals surface area contributed by atoms with Crippen LogP contribution in [0.5, 0.6) is 0 Å². The number of hydrogen-bond donors (Lipinski definition) is 1. The van der Waals surface area contributed by atoms with Gasteiger partial charge in [0.05, 0.1) is 11.5 Å². The molecule has 0 saturated carbocycles. The van der Waals surface area contributed by atoms with Crippen LogP contribution < -0.4 is 5.73 Å².